The van der Waals surface area contributed by atoms with Gasteiger partial charge in [0, 0.05) is 25.2 Å². The van der Waals surface area contributed by atoms with Gasteiger partial charge in [0.25, 0.3) is 5.56 Å². The van der Waals surface area contributed by atoms with Gasteiger partial charge in [-0.25, -0.2) is 18.1 Å². The lowest BCUT2D eigenvalue weighted by Crippen LogP contribution is -2.41. The van der Waals surface area contributed by atoms with Gasteiger partial charge in [0.05, 0.1) is 0 Å². The SMILES string of the molecule is C#CCOc1cc(F)cc(F)c1-n1c(=O)cc(C(F)(F)F)n(C)c1=O. The third-order valence-electron chi connectivity index (χ3n) is 3.14. The van der Waals surface area contributed by atoms with Crippen LogP contribution in [0.4, 0.5) is 22.0 Å². The van der Waals surface area contributed by atoms with Crippen LogP contribution < -0.4 is 16.0 Å². The second-order valence-electron chi connectivity index (χ2n) is 4.77. The van der Waals surface area contributed by atoms with Crippen molar-refractivity contribution in [3.63, 3.8) is 0 Å². The fraction of sp³-hybridized carbons (Fsp3) is 0.200. The highest BCUT2D eigenvalue weighted by molar-refractivity contribution is 5.48. The molecule has 5 nitrogen and oxygen atoms in total. The van der Waals surface area contributed by atoms with Gasteiger partial charge in [-0.1, -0.05) is 5.92 Å². The second kappa shape index (κ2) is 6.43. The van der Waals surface area contributed by atoms with Crippen molar-refractivity contribution in [2.24, 2.45) is 7.05 Å². The van der Waals surface area contributed by atoms with Crippen molar-refractivity contribution in [3.8, 4) is 23.8 Å². The van der Waals surface area contributed by atoms with Crippen molar-refractivity contribution in [1.29, 1.82) is 0 Å². The van der Waals surface area contributed by atoms with Gasteiger partial charge >= 0.3 is 11.9 Å². The molecule has 0 radical (unpaired) electrons. The number of halogens is 5. The van der Waals surface area contributed by atoms with Crippen molar-refractivity contribution in [2.75, 3.05) is 6.61 Å². The lowest BCUT2D eigenvalue weighted by Gasteiger charge is -2.16. The van der Waals surface area contributed by atoms with Crippen LogP contribution in [0.1, 0.15) is 5.69 Å². The Morgan fingerprint density at radius 3 is 2.40 bits per heavy atom. The van der Waals surface area contributed by atoms with E-state index >= 15 is 0 Å². The molecule has 25 heavy (non-hydrogen) atoms. The predicted octanol–water partition coefficient (Wildman–Crippen LogP) is 1.85. The molecule has 1 aromatic heterocycles. The fourth-order valence-electron chi connectivity index (χ4n) is 2.09. The summed E-state index contributed by atoms with van der Waals surface area (Å²) in [4.78, 5) is 24.2. The number of benzene rings is 1. The molecule has 0 aliphatic heterocycles. The molecule has 1 heterocycles. The minimum Gasteiger partial charge on any atom is -0.479 e. The van der Waals surface area contributed by atoms with E-state index in [1.54, 1.807) is 0 Å². The molecule has 0 atom stereocenters. The van der Waals surface area contributed by atoms with E-state index in [0.29, 0.717) is 12.1 Å². The summed E-state index contributed by atoms with van der Waals surface area (Å²) in [5.41, 5.74) is -5.31. The molecule has 0 spiro atoms. The summed E-state index contributed by atoms with van der Waals surface area (Å²) >= 11 is 0. The standard InChI is InChI=1S/C15H9F5N2O3/c1-3-4-25-10-6-8(16)5-9(17)13(10)22-12(23)7-11(15(18,19)20)21(2)14(22)24/h1,5-7H,4H2,2H3. The molecule has 0 saturated heterocycles. The molecule has 0 fully saturated rings. The molecule has 132 valence electrons. The van der Waals surface area contributed by atoms with Crippen LogP contribution in [0, 0.1) is 24.0 Å². The lowest BCUT2D eigenvalue weighted by molar-refractivity contribution is -0.144. The van der Waals surface area contributed by atoms with Crippen molar-refractivity contribution in [2.45, 2.75) is 6.18 Å². The largest absolute Gasteiger partial charge is 0.479 e. The van der Waals surface area contributed by atoms with Crippen molar-refractivity contribution < 1.29 is 26.7 Å². The Morgan fingerprint density at radius 2 is 1.84 bits per heavy atom. The van der Waals surface area contributed by atoms with Crippen LogP contribution >= 0.6 is 0 Å². The topological polar surface area (TPSA) is 53.2 Å². The number of hydrogen-bond donors (Lipinski definition) is 0. The van der Waals surface area contributed by atoms with E-state index in [1.807, 2.05) is 5.92 Å². The van der Waals surface area contributed by atoms with Gasteiger partial charge in [-0.3, -0.25) is 9.36 Å². The number of nitrogens with zero attached hydrogens (tertiary/aromatic N) is 2. The van der Waals surface area contributed by atoms with Crippen LogP contribution in [0.3, 0.4) is 0 Å². The smallest absolute Gasteiger partial charge is 0.431 e. The predicted molar refractivity (Wildman–Crippen MR) is 76.5 cm³/mol. The number of hydrogen-bond acceptors (Lipinski definition) is 3. The molecule has 0 bridgehead atoms. The summed E-state index contributed by atoms with van der Waals surface area (Å²) in [5, 5.41) is 0. The van der Waals surface area contributed by atoms with Crippen LogP contribution in [0.25, 0.3) is 5.69 Å². The Balaban J connectivity index is 2.85. The van der Waals surface area contributed by atoms with E-state index in [1.165, 1.54) is 0 Å². The van der Waals surface area contributed by atoms with Crippen LogP contribution in [-0.2, 0) is 13.2 Å². The average Bonchev–Trinajstić information content (AvgIpc) is 2.49. The highest BCUT2D eigenvalue weighted by Crippen LogP contribution is 2.28. The summed E-state index contributed by atoms with van der Waals surface area (Å²) in [6, 6.07) is 1.12. The molecule has 2 aromatic rings. The summed E-state index contributed by atoms with van der Waals surface area (Å²) in [6.45, 7) is -0.453. The Kier molecular flexibility index (Phi) is 4.69. The summed E-state index contributed by atoms with van der Waals surface area (Å²) in [5.74, 6) is -1.06. The number of ether oxygens (including phenoxy) is 1. The second-order valence-corrected chi connectivity index (χ2v) is 4.77. The van der Waals surface area contributed by atoms with Crippen molar-refractivity contribution >= 4 is 0 Å². The minimum absolute atomic E-state index is 0.107. The normalized spacial score (nSPS) is 11.2. The number of terminal acetylenes is 1. The maximum Gasteiger partial charge on any atom is 0.431 e. The highest BCUT2D eigenvalue weighted by atomic mass is 19.4. The van der Waals surface area contributed by atoms with Gasteiger partial charge in [-0.2, -0.15) is 13.2 Å². The first kappa shape index (κ1) is 18.3. The minimum atomic E-state index is -4.98. The number of aromatic nitrogens is 2. The zero-order valence-corrected chi connectivity index (χ0v) is 12.5. The van der Waals surface area contributed by atoms with Gasteiger partial charge < -0.3 is 4.74 Å². The molecule has 0 unspecified atom stereocenters. The Hall–Kier alpha value is -3.09. The molecule has 0 aliphatic rings. The first-order valence-electron chi connectivity index (χ1n) is 6.54. The van der Waals surface area contributed by atoms with Gasteiger partial charge in [-0.05, 0) is 0 Å². The van der Waals surface area contributed by atoms with E-state index in [2.05, 4.69) is 0 Å². The molecule has 1 aromatic carbocycles. The summed E-state index contributed by atoms with van der Waals surface area (Å²) in [6.07, 6.45) is -0.00490. The van der Waals surface area contributed by atoms with Crippen LogP contribution in [0.2, 0.25) is 0 Å². The lowest BCUT2D eigenvalue weighted by atomic mass is 10.2. The highest BCUT2D eigenvalue weighted by Gasteiger charge is 2.35. The zero-order valence-electron chi connectivity index (χ0n) is 12.5. The molecule has 0 amide bonds. The third kappa shape index (κ3) is 3.40. The van der Waals surface area contributed by atoms with E-state index in [9.17, 15) is 31.5 Å². The number of rotatable bonds is 3. The van der Waals surface area contributed by atoms with Gasteiger partial charge in [0.15, 0.2) is 11.6 Å². The van der Waals surface area contributed by atoms with E-state index in [4.69, 9.17) is 11.2 Å². The van der Waals surface area contributed by atoms with Crippen molar-refractivity contribution in [1.82, 2.24) is 9.13 Å². The molecule has 10 heteroatoms. The first-order valence-corrected chi connectivity index (χ1v) is 6.54. The Labute approximate surface area is 136 Å². The van der Waals surface area contributed by atoms with E-state index in [0.717, 1.165) is 7.05 Å². The van der Waals surface area contributed by atoms with Gasteiger partial charge in [0.1, 0.15) is 23.8 Å². The van der Waals surface area contributed by atoms with Gasteiger partial charge in [0.2, 0.25) is 0 Å². The summed E-state index contributed by atoms with van der Waals surface area (Å²) in [7, 11) is 0.754. The van der Waals surface area contributed by atoms with Crippen LogP contribution in [0.5, 0.6) is 5.75 Å². The van der Waals surface area contributed by atoms with Gasteiger partial charge in [-0.15, -0.1) is 6.42 Å². The fourth-order valence-corrected chi connectivity index (χ4v) is 2.09. The molecule has 2 rings (SSSR count). The molecule has 0 saturated carbocycles. The first-order chi connectivity index (χ1) is 11.6. The Bertz CT molecular complexity index is 983. The molecular weight excluding hydrogens is 351 g/mol. The molecule has 0 N–H and O–H groups in total. The number of alkyl halides is 3. The summed E-state index contributed by atoms with van der Waals surface area (Å²) < 4.78 is 71.2. The maximum absolute atomic E-state index is 14.1. The average molecular weight is 360 g/mol. The quantitative estimate of drug-likeness (QED) is 0.620. The molecular formula is C15H9F5N2O3. The van der Waals surface area contributed by atoms with E-state index in [-0.39, 0.29) is 15.2 Å². The van der Waals surface area contributed by atoms with Crippen LogP contribution in [0.15, 0.2) is 27.8 Å². The maximum atomic E-state index is 14.1. The third-order valence-corrected chi connectivity index (χ3v) is 3.14. The zero-order chi connectivity index (χ0) is 18.9. The van der Waals surface area contributed by atoms with E-state index < -0.39 is 52.8 Å². The van der Waals surface area contributed by atoms with Crippen molar-refractivity contribution in [3.05, 3.63) is 56.4 Å². The molecule has 0 aliphatic carbocycles. The van der Waals surface area contributed by atoms with Crippen LogP contribution in [-0.4, -0.2) is 15.7 Å². The Morgan fingerprint density at radius 1 is 1.20 bits per heavy atom. The monoisotopic (exact) mass is 360 g/mol.